The number of hydroxylamine groups is 1. The Balaban J connectivity index is 3.19. The third kappa shape index (κ3) is 4.85. The fraction of sp³-hybridized carbons (Fsp3) is 0.500. The van der Waals surface area contributed by atoms with Crippen molar-refractivity contribution in [1.82, 2.24) is 10.8 Å². The molecule has 0 aromatic carbocycles. The van der Waals surface area contributed by atoms with Gasteiger partial charge in [0, 0.05) is 0 Å². The summed E-state index contributed by atoms with van der Waals surface area (Å²) in [6, 6.07) is 0. The molecule has 0 bridgehead atoms. The Labute approximate surface area is 57.9 Å². The first-order valence-electron chi connectivity index (χ1n) is 2.51. The molecule has 1 amide bonds. The highest BCUT2D eigenvalue weighted by Gasteiger charge is 1.91. The maximum absolute atomic E-state index is 10.3. The number of rotatable bonds is 3. The third-order valence-electron chi connectivity index (χ3n) is 0.649. The maximum atomic E-state index is 10.3. The van der Waals surface area contributed by atoms with Crippen molar-refractivity contribution < 1.29 is 14.7 Å². The Bertz CT molecular complexity index is 125. The quantitative estimate of drug-likeness (QED) is 0.280. The van der Waals surface area contributed by atoms with Gasteiger partial charge < -0.3 is 10.1 Å². The lowest BCUT2D eigenvalue weighted by atomic mass is 11.0. The smallest absolute Gasteiger partial charge is 0.408 e. The number of hydrogen-bond acceptors (Lipinski definition) is 4. The average Bonchev–Trinajstić information content (AvgIpc) is 1.98. The molecule has 3 N–H and O–H groups in total. The average molecular weight is 147 g/mol. The second kappa shape index (κ2) is 5.83. The Kier molecular flexibility index (Phi) is 5.07. The van der Waals surface area contributed by atoms with Gasteiger partial charge in [0.1, 0.15) is 13.0 Å². The lowest BCUT2D eigenvalue weighted by Crippen LogP contribution is -2.23. The van der Waals surface area contributed by atoms with Crippen LogP contribution in [0.2, 0.25) is 0 Å². The summed E-state index contributed by atoms with van der Waals surface area (Å²) in [5.74, 6) is 0. The van der Waals surface area contributed by atoms with E-state index in [2.05, 4.69) is 15.0 Å². The largest absolute Gasteiger partial charge is 0.453 e. The van der Waals surface area contributed by atoms with E-state index in [1.165, 1.54) is 7.11 Å². The van der Waals surface area contributed by atoms with Crippen molar-refractivity contribution >= 4 is 12.4 Å². The molecule has 0 fully saturated rings. The monoisotopic (exact) mass is 147 g/mol. The van der Waals surface area contributed by atoms with E-state index >= 15 is 0 Å². The second-order valence-corrected chi connectivity index (χ2v) is 1.27. The minimum atomic E-state index is -0.560. The van der Waals surface area contributed by atoms with Gasteiger partial charge in [-0.05, 0) is 0 Å². The molecule has 0 aliphatic heterocycles. The summed E-state index contributed by atoms with van der Waals surface area (Å²) in [6.45, 7) is 0.0697. The Morgan fingerprint density at radius 2 is 2.60 bits per heavy atom. The molecule has 0 radical (unpaired) electrons. The van der Waals surface area contributed by atoms with Gasteiger partial charge >= 0.3 is 6.09 Å². The molecule has 6 nitrogen and oxygen atoms in total. The fourth-order valence-electron chi connectivity index (χ4n) is 0.269. The van der Waals surface area contributed by atoms with Crippen molar-refractivity contribution in [2.75, 3.05) is 13.8 Å². The number of carbonyl (C=O) groups is 1. The fourth-order valence-corrected chi connectivity index (χ4v) is 0.269. The van der Waals surface area contributed by atoms with E-state index < -0.39 is 6.09 Å². The van der Waals surface area contributed by atoms with Gasteiger partial charge in [0.05, 0.1) is 7.11 Å². The molecule has 0 atom stereocenters. The van der Waals surface area contributed by atoms with Crippen LogP contribution in [0.4, 0.5) is 4.79 Å². The number of methoxy groups -OCH3 is 1. The number of alkyl carbamates (subject to hydrolysis) is 1. The molecular formula is C4H9N3O3. The number of aliphatic imine (C=N–C) groups is 1. The van der Waals surface area contributed by atoms with Crippen molar-refractivity contribution in [3.05, 3.63) is 0 Å². The highest BCUT2D eigenvalue weighted by Crippen LogP contribution is 1.68. The van der Waals surface area contributed by atoms with Crippen LogP contribution >= 0.6 is 0 Å². The van der Waals surface area contributed by atoms with Crippen molar-refractivity contribution in [2.45, 2.75) is 0 Å². The summed E-state index contributed by atoms with van der Waals surface area (Å²) in [6.07, 6.45) is 0.478. The zero-order valence-corrected chi connectivity index (χ0v) is 5.50. The molecule has 0 aliphatic carbocycles. The van der Waals surface area contributed by atoms with Crippen molar-refractivity contribution in [2.24, 2.45) is 4.99 Å². The van der Waals surface area contributed by atoms with Gasteiger partial charge in [-0.2, -0.15) is 0 Å². The van der Waals surface area contributed by atoms with Crippen LogP contribution in [0.1, 0.15) is 0 Å². The number of hydrogen-bond donors (Lipinski definition) is 3. The maximum Gasteiger partial charge on any atom is 0.408 e. The van der Waals surface area contributed by atoms with Gasteiger partial charge in [-0.3, -0.25) is 15.7 Å². The van der Waals surface area contributed by atoms with E-state index in [1.807, 2.05) is 0 Å². The molecule has 0 saturated carbocycles. The summed E-state index contributed by atoms with van der Waals surface area (Å²) in [4.78, 5) is 13.8. The standard InChI is InChI=1S/C4H9N3O3/c1-10-4(8)6-2-5-3-7-9/h3,9H,2H2,1H3,(H,5,7)(H,6,8). The van der Waals surface area contributed by atoms with Gasteiger partial charge in [0.2, 0.25) is 0 Å². The van der Waals surface area contributed by atoms with Crippen LogP contribution in [-0.2, 0) is 4.74 Å². The van der Waals surface area contributed by atoms with E-state index in [0.29, 0.717) is 0 Å². The summed E-state index contributed by atoms with van der Waals surface area (Å²) >= 11 is 0. The first kappa shape index (κ1) is 8.70. The molecule has 0 aromatic rings. The predicted molar refractivity (Wildman–Crippen MR) is 33.8 cm³/mol. The lowest BCUT2D eigenvalue weighted by Gasteiger charge is -1.97. The molecule has 58 valence electrons. The molecule has 0 saturated heterocycles. The number of amides is 1. The minimum absolute atomic E-state index is 0.0697. The van der Waals surface area contributed by atoms with Crippen LogP contribution in [0.25, 0.3) is 0 Å². The van der Waals surface area contributed by atoms with E-state index in [9.17, 15) is 4.79 Å². The van der Waals surface area contributed by atoms with Crippen molar-refractivity contribution in [3.8, 4) is 0 Å². The molecule has 0 rings (SSSR count). The van der Waals surface area contributed by atoms with Gasteiger partial charge in [-0.1, -0.05) is 0 Å². The number of nitrogens with zero attached hydrogens (tertiary/aromatic N) is 1. The summed E-state index contributed by atoms with van der Waals surface area (Å²) in [5.41, 5.74) is 1.68. The first-order chi connectivity index (χ1) is 4.81. The Morgan fingerprint density at radius 1 is 1.90 bits per heavy atom. The van der Waals surface area contributed by atoms with Crippen molar-refractivity contribution in [3.63, 3.8) is 0 Å². The second-order valence-electron chi connectivity index (χ2n) is 1.27. The van der Waals surface area contributed by atoms with Crippen LogP contribution in [0.3, 0.4) is 0 Å². The molecule has 0 spiro atoms. The third-order valence-corrected chi connectivity index (χ3v) is 0.649. The zero-order valence-electron chi connectivity index (χ0n) is 5.50. The molecule has 0 unspecified atom stereocenters. The summed E-state index contributed by atoms with van der Waals surface area (Å²) < 4.78 is 4.22. The van der Waals surface area contributed by atoms with Crippen LogP contribution in [0, 0.1) is 0 Å². The van der Waals surface area contributed by atoms with Crippen LogP contribution in [-0.4, -0.2) is 31.4 Å². The molecule has 0 aromatic heterocycles. The van der Waals surface area contributed by atoms with Crippen LogP contribution in [0.15, 0.2) is 4.99 Å². The van der Waals surface area contributed by atoms with E-state index in [4.69, 9.17) is 5.21 Å². The van der Waals surface area contributed by atoms with E-state index in [1.54, 1.807) is 5.48 Å². The van der Waals surface area contributed by atoms with Gasteiger partial charge in [-0.15, -0.1) is 0 Å². The summed E-state index contributed by atoms with van der Waals surface area (Å²) in [5, 5.41) is 10.2. The van der Waals surface area contributed by atoms with E-state index in [0.717, 1.165) is 6.34 Å². The number of nitrogens with one attached hydrogen (secondary N) is 2. The van der Waals surface area contributed by atoms with Gasteiger partial charge in [0.25, 0.3) is 0 Å². The lowest BCUT2D eigenvalue weighted by molar-refractivity contribution is 0.171. The highest BCUT2D eigenvalue weighted by molar-refractivity contribution is 5.67. The number of ether oxygens (including phenoxy) is 1. The Hall–Kier alpha value is -1.30. The Morgan fingerprint density at radius 3 is 3.10 bits per heavy atom. The van der Waals surface area contributed by atoms with Crippen molar-refractivity contribution in [1.29, 1.82) is 0 Å². The minimum Gasteiger partial charge on any atom is -0.453 e. The SMILES string of the molecule is COC(=O)NCN=CNO. The topological polar surface area (TPSA) is 83.0 Å². The molecule has 0 heterocycles. The van der Waals surface area contributed by atoms with Crippen LogP contribution in [0.5, 0.6) is 0 Å². The van der Waals surface area contributed by atoms with Gasteiger partial charge in [-0.25, -0.2) is 4.79 Å². The van der Waals surface area contributed by atoms with Gasteiger partial charge in [0.15, 0.2) is 0 Å². The molecule has 0 aliphatic rings. The normalized spacial score (nSPS) is 9.40. The summed E-state index contributed by atoms with van der Waals surface area (Å²) in [7, 11) is 1.25. The number of carbonyl (C=O) groups excluding carboxylic acids is 1. The molecule has 6 heteroatoms. The van der Waals surface area contributed by atoms with Crippen LogP contribution < -0.4 is 10.8 Å². The first-order valence-corrected chi connectivity index (χ1v) is 2.51. The molecular weight excluding hydrogens is 138 g/mol. The predicted octanol–water partition coefficient (Wildman–Crippen LogP) is -0.693. The molecule has 10 heavy (non-hydrogen) atoms. The highest BCUT2D eigenvalue weighted by atomic mass is 16.5. The zero-order chi connectivity index (χ0) is 7.82. The van der Waals surface area contributed by atoms with E-state index in [-0.39, 0.29) is 6.67 Å².